The first-order valence-electron chi connectivity index (χ1n) is 4.16. The van der Waals surface area contributed by atoms with E-state index >= 15 is 0 Å². The van der Waals surface area contributed by atoms with E-state index in [0.29, 0.717) is 15.7 Å². The van der Waals surface area contributed by atoms with E-state index in [1.807, 2.05) is 0 Å². The molecule has 0 aliphatic rings. The quantitative estimate of drug-likeness (QED) is 0.893. The van der Waals surface area contributed by atoms with Crippen molar-refractivity contribution in [3.05, 3.63) is 28.2 Å². The Morgan fingerprint density at radius 2 is 2.06 bits per heavy atom. The number of halogens is 2. The molecule has 16 heavy (non-hydrogen) atoms. The van der Waals surface area contributed by atoms with E-state index < -0.39 is 5.24 Å². The lowest BCUT2D eigenvalue weighted by molar-refractivity contribution is -0.113. The number of amides is 2. The normalized spacial score (nSPS) is 9.88. The van der Waals surface area contributed by atoms with Crippen LogP contribution in [0.25, 0.3) is 0 Å². The maximum atomic E-state index is 11.3. The van der Waals surface area contributed by atoms with E-state index in [9.17, 15) is 9.59 Å². The Morgan fingerprint density at radius 1 is 1.38 bits per heavy atom. The Labute approximate surface area is 106 Å². The van der Waals surface area contributed by atoms with Gasteiger partial charge < -0.3 is 11.1 Å². The molecule has 0 atom stereocenters. The average Bonchev–Trinajstić information content (AvgIpc) is 2.20. The maximum Gasteiger partial charge on any atom is 0.276 e. The number of thioether (sulfide) groups is 1. The van der Waals surface area contributed by atoms with Crippen LogP contribution in [0.4, 0.5) is 10.5 Å². The van der Waals surface area contributed by atoms with Crippen LogP contribution in [0.5, 0.6) is 0 Å². The van der Waals surface area contributed by atoms with Gasteiger partial charge in [-0.2, -0.15) is 0 Å². The molecule has 0 saturated carbocycles. The smallest absolute Gasteiger partial charge is 0.276 e. The summed E-state index contributed by atoms with van der Waals surface area (Å²) >= 11 is 12.3. The lowest BCUT2D eigenvalue weighted by atomic mass is 10.3. The van der Waals surface area contributed by atoms with Gasteiger partial charge in [0.1, 0.15) is 0 Å². The zero-order chi connectivity index (χ0) is 12.1. The molecule has 0 heterocycles. The molecule has 4 nitrogen and oxygen atoms in total. The predicted molar refractivity (Wildman–Crippen MR) is 67.1 cm³/mol. The fourth-order valence-corrected chi connectivity index (χ4v) is 1.60. The van der Waals surface area contributed by atoms with Gasteiger partial charge in [0, 0.05) is 5.02 Å². The molecule has 0 saturated heterocycles. The van der Waals surface area contributed by atoms with Crippen molar-refractivity contribution in [3.8, 4) is 0 Å². The minimum atomic E-state index is -0.604. The third-order valence-electron chi connectivity index (χ3n) is 1.55. The molecule has 0 spiro atoms. The van der Waals surface area contributed by atoms with Crippen molar-refractivity contribution >= 4 is 51.8 Å². The summed E-state index contributed by atoms with van der Waals surface area (Å²) in [4.78, 5) is 21.8. The van der Waals surface area contributed by atoms with E-state index in [0.717, 1.165) is 11.8 Å². The lowest BCUT2D eigenvalue weighted by Gasteiger charge is -2.06. The van der Waals surface area contributed by atoms with E-state index in [2.05, 4.69) is 5.32 Å². The second-order valence-electron chi connectivity index (χ2n) is 2.78. The van der Waals surface area contributed by atoms with E-state index in [1.165, 1.54) is 6.07 Å². The predicted octanol–water partition coefficient (Wildman–Crippen LogP) is 2.74. The van der Waals surface area contributed by atoms with Crippen molar-refractivity contribution in [2.45, 2.75) is 0 Å². The molecule has 2 amide bonds. The van der Waals surface area contributed by atoms with Gasteiger partial charge in [-0.05, 0) is 18.2 Å². The molecule has 0 radical (unpaired) electrons. The van der Waals surface area contributed by atoms with Gasteiger partial charge in [-0.1, -0.05) is 35.0 Å². The fraction of sp³-hybridized carbons (Fsp3) is 0.111. The van der Waals surface area contributed by atoms with Crippen LogP contribution in [-0.4, -0.2) is 16.9 Å². The average molecular weight is 279 g/mol. The van der Waals surface area contributed by atoms with Gasteiger partial charge in [-0.25, -0.2) is 0 Å². The molecule has 86 valence electrons. The Hall–Kier alpha value is -0.910. The number of hydrogen-bond acceptors (Lipinski definition) is 3. The highest BCUT2D eigenvalue weighted by Crippen LogP contribution is 2.25. The highest BCUT2D eigenvalue weighted by atomic mass is 35.5. The molecule has 1 rings (SSSR count). The van der Waals surface area contributed by atoms with E-state index in [-0.39, 0.29) is 11.7 Å². The number of nitrogens with one attached hydrogen (secondary N) is 1. The molecular formula is C9H8Cl2N2O2S. The van der Waals surface area contributed by atoms with Gasteiger partial charge in [0.05, 0.1) is 16.5 Å². The second kappa shape index (κ2) is 5.98. The van der Waals surface area contributed by atoms with Crippen molar-refractivity contribution in [1.82, 2.24) is 0 Å². The SMILES string of the molecule is NC(=O)SCC(=O)Nc1cc(Cl)ccc1Cl. The number of primary amides is 1. The van der Waals surface area contributed by atoms with Gasteiger partial charge in [0.15, 0.2) is 0 Å². The minimum absolute atomic E-state index is 0.0574. The molecule has 1 aromatic carbocycles. The number of rotatable bonds is 3. The van der Waals surface area contributed by atoms with Crippen LogP contribution in [0.1, 0.15) is 0 Å². The van der Waals surface area contributed by atoms with Crippen molar-refractivity contribution in [2.24, 2.45) is 5.73 Å². The largest absolute Gasteiger partial charge is 0.361 e. The molecule has 1 aromatic rings. The summed E-state index contributed by atoms with van der Waals surface area (Å²) in [6, 6.07) is 4.70. The molecular weight excluding hydrogens is 271 g/mol. The molecule has 7 heteroatoms. The molecule has 0 aromatic heterocycles. The number of carbonyl (C=O) groups excluding carboxylic acids is 2. The Kier molecular flexibility index (Phi) is 4.92. The van der Waals surface area contributed by atoms with Crippen molar-refractivity contribution in [1.29, 1.82) is 0 Å². The zero-order valence-electron chi connectivity index (χ0n) is 8.00. The highest BCUT2D eigenvalue weighted by molar-refractivity contribution is 8.14. The van der Waals surface area contributed by atoms with Gasteiger partial charge in [-0.3, -0.25) is 9.59 Å². The monoisotopic (exact) mass is 278 g/mol. The summed E-state index contributed by atoms with van der Waals surface area (Å²) in [5.41, 5.74) is 5.29. The standard InChI is InChI=1S/C9H8Cl2N2O2S/c10-5-1-2-6(11)7(3-5)13-8(14)4-16-9(12)15/h1-3H,4H2,(H2,12,15)(H,13,14). The number of nitrogens with two attached hydrogens (primary N) is 1. The van der Waals surface area contributed by atoms with Crippen LogP contribution in [0.15, 0.2) is 18.2 Å². The van der Waals surface area contributed by atoms with Crippen LogP contribution in [0.2, 0.25) is 10.0 Å². The van der Waals surface area contributed by atoms with Crippen molar-refractivity contribution < 1.29 is 9.59 Å². The number of hydrogen-bond donors (Lipinski definition) is 2. The third-order valence-corrected chi connectivity index (χ3v) is 2.80. The number of anilines is 1. The van der Waals surface area contributed by atoms with Crippen LogP contribution in [0, 0.1) is 0 Å². The molecule has 0 unspecified atom stereocenters. The summed E-state index contributed by atoms with van der Waals surface area (Å²) in [5, 5.41) is 2.76. The summed E-state index contributed by atoms with van der Waals surface area (Å²) in [7, 11) is 0. The summed E-state index contributed by atoms with van der Waals surface area (Å²) in [5.74, 6) is -0.425. The highest BCUT2D eigenvalue weighted by Gasteiger charge is 2.08. The molecule has 3 N–H and O–H groups in total. The van der Waals surface area contributed by atoms with Gasteiger partial charge in [0.25, 0.3) is 5.24 Å². The van der Waals surface area contributed by atoms with Crippen LogP contribution < -0.4 is 11.1 Å². The Balaban J connectivity index is 2.62. The molecule has 0 bridgehead atoms. The third kappa shape index (κ3) is 4.30. The zero-order valence-corrected chi connectivity index (χ0v) is 10.3. The molecule has 0 aliphatic carbocycles. The topological polar surface area (TPSA) is 72.2 Å². The summed E-state index contributed by atoms with van der Waals surface area (Å²) in [6.45, 7) is 0. The van der Waals surface area contributed by atoms with E-state index in [4.69, 9.17) is 28.9 Å². The van der Waals surface area contributed by atoms with Crippen LogP contribution >= 0.6 is 35.0 Å². The Morgan fingerprint density at radius 3 is 2.69 bits per heavy atom. The second-order valence-corrected chi connectivity index (χ2v) is 4.60. The molecule has 0 fully saturated rings. The van der Waals surface area contributed by atoms with E-state index in [1.54, 1.807) is 12.1 Å². The first-order chi connectivity index (χ1) is 7.49. The fourth-order valence-electron chi connectivity index (χ4n) is 0.916. The summed E-state index contributed by atoms with van der Waals surface area (Å²) < 4.78 is 0. The summed E-state index contributed by atoms with van der Waals surface area (Å²) in [6.07, 6.45) is 0. The lowest BCUT2D eigenvalue weighted by Crippen LogP contribution is -2.17. The van der Waals surface area contributed by atoms with Gasteiger partial charge >= 0.3 is 0 Å². The Bertz CT molecular complexity index is 426. The maximum absolute atomic E-state index is 11.3. The minimum Gasteiger partial charge on any atom is -0.361 e. The van der Waals surface area contributed by atoms with Gasteiger partial charge in [0.2, 0.25) is 5.91 Å². The van der Waals surface area contributed by atoms with Crippen LogP contribution in [0.3, 0.4) is 0 Å². The van der Waals surface area contributed by atoms with Crippen LogP contribution in [-0.2, 0) is 4.79 Å². The first kappa shape index (κ1) is 13.2. The molecule has 0 aliphatic heterocycles. The van der Waals surface area contributed by atoms with Gasteiger partial charge in [-0.15, -0.1) is 0 Å². The number of benzene rings is 1. The number of carbonyl (C=O) groups is 2. The first-order valence-corrected chi connectivity index (χ1v) is 5.90. The van der Waals surface area contributed by atoms with Crippen molar-refractivity contribution in [3.63, 3.8) is 0 Å². The van der Waals surface area contributed by atoms with Crippen molar-refractivity contribution in [2.75, 3.05) is 11.1 Å².